The zero-order valence-corrected chi connectivity index (χ0v) is 21.8. The molecule has 0 radical (unpaired) electrons. The average molecular weight is 450 g/mol. The molecule has 0 saturated heterocycles. The number of rotatable bonds is 7. The minimum atomic E-state index is -0.118. The molecular weight excluding hydrogens is 410 g/mol. The smallest absolute Gasteiger partial charge is 0.0457 e. The summed E-state index contributed by atoms with van der Waals surface area (Å²) in [7, 11) is 0. The molecule has 0 aliphatic carbocycles. The van der Waals surface area contributed by atoms with Gasteiger partial charge < -0.3 is 4.90 Å². The normalized spacial score (nSPS) is 16.5. The second kappa shape index (κ2) is 9.29. The van der Waals surface area contributed by atoms with Crippen molar-refractivity contribution in [1.82, 2.24) is 0 Å². The number of hydrogen-bond acceptors (Lipinski definition) is 1. The van der Waals surface area contributed by atoms with Crippen molar-refractivity contribution in [3.63, 3.8) is 0 Å². The van der Waals surface area contributed by atoms with Crippen LogP contribution in [0.5, 0.6) is 0 Å². The van der Waals surface area contributed by atoms with Gasteiger partial charge in [-0.25, -0.2) is 0 Å². The third-order valence-electron chi connectivity index (χ3n) is 7.66. The van der Waals surface area contributed by atoms with E-state index in [0.29, 0.717) is 0 Å². The topological polar surface area (TPSA) is 3.24 Å². The highest BCUT2D eigenvalue weighted by atomic mass is 15.2. The predicted octanol–water partition coefficient (Wildman–Crippen LogP) is 9.02. The van der Waals surface area contributed by atoms with Gasteiger partial charge in [0.25, 0.3) is 0 Å². The Labute approximate surface area is 206 Å². The Morgan fingerprint density at radius 2 is 1.71 bits per heavy atom. The van der Waals surface area contributed by atoms with Crippen molar-refractivity contribution < 1.29 is 0 Å². The van der Waals surface area contributed by atoms with Crippen molar-refractivity contribution in [2.75, 3.05) is 11.4 Å². The molecule has 1 heterocycles. The van der Waals surface area contributed by atoms with Gasteiger partial charge in [0.1, 0.15) is 0 Å². The highest BCUT2D eigenvalue weighted by molar-refractivity contribution is 5.94. The van der Waals surface area contributed by atoms with Crippen LogP contribution < -0.4 is 4.90 Å². The van der Waals surface area contributed by atoms with Gasteiger partial charge in [-0.3, -0.25) is 0 Å². The lowest BCUT2D eigenvalue weighted by Gasteiger charge is -2.28. The molecule has 0 saturated carbocycles. The predicted molar refractivity (Wildman–Crippen MR) is 150 cm³/mol. The monoisotopic (exact) mass is 449 g/mol. The van der Waals surface area contributed by atoms with Crippen LogP contribution in [-0.2, 0) is 10.8 Å². The molecule has 0 spiro atoms. The van der Waals surface area contributed by atoms with E-state index in [4.69, 9.17) is 0 Å². The number of hydrogen-bond donors (Lipinski definition) is 0. The molecular formula is C33H39N. The summed E-state index contributed by atoms with van der Waals surface area (Å²) in [6.45, 7) is 19.2. The maximum absolute atomic E-state index is 4.46. The molecule has 176 valence electrons. The van der Waals surface area contributed by atoms with E-state index < -0.39 is 0 Å². The van der Waals surface area contributed by atoms with Crippen LogP contribution in [0.25, 0.3) is 10.8 Å². The molecule has 0 unspecified atom stereocenters. The van der Waals surface area contributed by atoms with Gasteiger partial charge in [-0.05, 0) is 58.5 Å². The van der Waals surface area contributed by atoms with E-state index in [-0.39, 0.29) is 10.8 Å². The molecule has 0 atom stereocenters. The lowest BCUT2D eigenvalue weighted by atomic mass is 9.76. The van der Waals surface area contributed by atoms with E-state index >= 15 is 0 Å². The van der Waals surface area contributed by atoms with Gasteiger partial charge >= 0.3 is 0 Å². The summed E-state index contributed by atoms with van der Waals surface area (Å²) in [6, 6.07) is 22.0. The SMILES string of the molecule is C=C(C=C/C=C1\N(CCCC)c2ccc3ccccc3c2C1(C)C)C(C)(C)c1ccccc1C. The van der Waals surface area contributed by atoms with Crippen molar-refractivity contribution >= 4 is 16.5 Å². The van der Waals surface area contributed by atoms with Crippen LogP contribution in [0.3, 0.4) is 0 Å². The summed E-state index contributed by atoms with van der Waals surface area (Å²) in [4.78, 5) is 2.55. The summed E-state index contributed by atoms with van der Waals surface area (Å²) >= 11 is 0. The van der Waals surface area contributed by atoms with E-state index in [1.165, 1.54) is 51.7 Å². The van der Waals surface area contributed by atoms with Gasteiger partial charge in [-0.15, -0.1) is 0 Å². The maximum Gasteiger partial charge on any atom is 0.0457 e. The summed E-state index contributed by atoms with van der Waals surface area (Å²) in [6.07, 6.45) is 9.10. The molecule has 1 nitrogen and oxygen atoms in total. The van der Waals surface area contributed by atoms with Gasteiger partial charge in [0.05, 0.1) is 0 Å². The first-order valence-electron chi connectivity index (χ1n) is 12.6. The number of anilines is 1. The minimum absolute atomic E-state index is 0.0683. The van der Waals surface area contributed by atoms with E-state index in [1.807, 2.05) is 0 Å². The number of nitrogens with zero attached hydrogens (tertiary/aromatic N) is 1. The van der Waals surface area contributed by atoms with E-state index in [9.17, 15) is 0 Å². The minimum Gasteiger partial charge on any atom is -0.344 e. The van der Waals surface area contributed by atoms with Crippen molar-refractivity contribution in [3.8, 4) is 0 Å². The van der Waals surface area contributed by atoms with E-state index in [0.717, 1.165) is 12.1 Å². The van der Waals surface area contributed by atoms with Crippen LogP contribution >= 0.6 is 0 Å². The number of aryl methyl sites for hydroxylation is 1. The van der Waals surface area contributed by atoms with Gasteiger partial charge in [-0.2, -0.15) is 0 Å². The quantitative estimate of drug-likeness (QED) is 0.325. The van der Waals surface area contributed by atoms with E-state index in [1.54, 1.807) is 0 Å². The third-order valence-corrected chi connectivity index (χ3v) is 7.66. The summed E-state index contributed by atoms with van der Waals surface area (Å²) in [5.41, 5.74) is 7.75. The van der Waals surface area contributed by atoms with Crippen LogP contribution in [0.2, 0.25) is 0 Å². The van der Waals surface area contributed by atoms with Crippen molar-refractivity contribution in [2.45, 2.75) is 65.2 Å². The Kier molecular flexibility index (Phi) is 6.58. The average Bonchev–Trinajstić information content (AvgIpc) is 3.04. The first-order valence-corrected chi connectivity index (χ1v) is 12.6. The first kappa shape index (κ1) is 24.1. The molecule has 4 rings (SSSR count). The van der Waals surface area contributed by atoms with Crippen LogP contribution in [0.1, 0.15) is 64.2 Å². The molecule has 0 fully saturated rings. The largest absolute Gasteiger partial charge is 0.344 e. The van der Waals surface area contributed by atoms with Crippen molar-refractivity contribution in [1.29, 1.82) is 0 Å². The zero-order chi connectivity index (χ0) is 24.5. The van der Waals surface area contributed by atoms with Crippen LogP contribution in [0, 0.1) is 6.92 Å². The second-order valence-electron chi connectivity index (χ2n) is 10.7. The molecule has 3 aromatic carbocycles. The standard InChI is InChI=1S/C33H39N/c1-8-9-23-34-29-22-21-26-17-11-12-18-27(26)31(29)33(6,7)30(34)20-14-16-25(3)32(4,5)28-19-13-10-15-24(28)2/h10-22H,3,8-9,23H2,1-2,4-7H3/b16-14?,30-20-. The Morgan fingerprint density at radius 3 is 2.44 bits per heavy atom. The lowest BCUT2D eigenvalue weighted by Crippen LogP contribution is -2.27. The highest BCUT2D eigenvalue weighted by Crippen LogP contribution is 2.50. The molecule has 1 aliphatic heterocycles. The molecule has 0 aromatic heterocycles. The fourth-order valence-corrected chi connectivity index (χ4v) is 5.50. The van der Waals surface area contributed by atoms with Crippen molar-refractivity contribution in [3.05, 3.63) is 113 Å². The second-order valence-corrected chi connectivity index (χ2v) is 10.7. The first-order chi connectivity index (χ1) is 16.2. The Morgan fingerprint density at radius 1 is 1.00 bits per heavy atom. The van der Waals surface area contributed by atoms with E-state index in [2.05, 4.69) is 132 Å². The number of allylic oxidation sites excluding steroid dienone is 5. The number of unbranched alkanes of at least 4 members (excludes halogenated alkanes) is 1. The molecule has 0 N–H and O–H groups in total. The summed E-state index contributed by atoms with van der Waals surface area (Å²) in [5.74, 6) is 0. The molecule has 0 bridgehead atoms. The molecule has 34 heavy (non-hydrogen) atoms. The van der Waals surface area contributed by atoms with Crippen LogP contribution in [-0.4, -0.2) is 6.54 Å². The summed E-state index contributed by atoms with van der Waals surface area (Å²) < 4.78 is 0. The van der Waals surface area contributed by atoms with Gasteiger partial charge in [-0.1, -0.05) is 114 Å². The van der Waals surface area contributed by atoms with Crippen LogP contribution in [0.4, 0.5) is 5.69 Å². The third kappa shape index (κ3) is 4.13. The lowest BCUT2D eigenvalue weighted by molar-refractivity contribution is 0.627. The van der Waals surface area contributed by atoms with Crippen LogP contribution in [0.15, 0.2) is 96.7 Å². The number of fused-ring (bicyclic) bond motifs is 3. The van der Waals surface area contributed by atoms with Gasteiger partial charge in [0.15, 0.2) is 0 Å². The van der Waals surface area contributed by atoms with Gasteiger partial charge in [0, 0.05) is 28.8 Å². The fraction of sp³-hybridized carbons (Fsp3) is 0.333. The molecule has 0 amide bonds. The summed E-state index contributed by atoms with van der Waals surface area (Å²) in [5, 5.41) is 2.68. The zero-order valence-electron chi connectivity index (χ0n) is 21.8. The Balaban J connectivity index is 1.72. The maximum atomic E-state index is 4.46. The Bertz CT molecular complexity index is 1270. The van der Waals surface area contributed by atoms with Crippen molar-refractivity contribution in [2.24, 2.45) is 0 Å². The molecule has 1 aliphatic rings. The molecule has 3 aromatic rings. The number of benzene rings is 3. The highest BCUT2D eigenvalue weighted by Gasteiger charge is 2.40. The Hall–Kier alpha value is -3.06. The van der Waals surface area contributed by atoms with Gasteiger partial charge in [0.2, 0.25) is 0 Å². The molecule has 1 heteroatoms. The fourth-order valence-electron chi connectivity index (χ4n) is 5.50.